The van der Waals surface area contributed by atoms with E-state index in [0.717, 1.165) is 32.1 Å². The largest absolute Gasteiger partial charge is 0.465 e. The highest BCUT2D eigenvalue weighted by Crippen LogP contribution is 2.21. The zero-order valence-corrected chi connectivity index (χ0v) is 13.2. The summed E-state index contributed by atoms with van der Waals surface area (Å²) in [5, 5.41) is 0. The molecule has 0 aliphatic carbocycles. The summed E-state index contributed by atoms with van der Waals surface area (Å²) in [5.74, 6) is -0.211. The Morgan fingerprint density at radius 2 is 1.42 bits per heavy atom. The van der Waals surface area contributed by atoms with Crippen molar-refractivity contribution in [3.63, 3.8) is 0 Å². The van der Waals surface area contributed by atoms with Crippen LogP contribution in [-0.2, 0) is 9.53 Å². The first-order valence-corrected chi connectivity index (χ1v) is 8.06. The second-order valence-corrected chi connectivity index (χ2v) is 5.50. The molecule has 0 aromatic heterocycles. The topological polar surface area (TPSA) is 52.3 Å². The minimum absolute atomic E-state index is 0.211. The summed E-state index contributed by atoms with van der Waals surface area (Å²) in [6, 6.07) is 0. The smallest absolute Gasteiger partial charge is 0.326 e. The predicted molar refractivity (Wildman–Crippen MR) is 81.1 cm³/mol. The fourth-order valence-electron chi connectivity index (χ4n) is 2.32. The van der Waals surface area contributed by atoms with E-state index in [0.29, 0.717) is 6.61 Å². The Bertz CT molecular complexity index is 231. The van der Waals surface area contributed by atoms with Crippen LogP contribution in [0.25, 0.3) is 0 Å². The molecule has 1 unspecified atom stereocenters. The van der Waals surface area contributed by atoms with Crippen molar-refractivity contribution in [1.29, 1.82) is 0 Å². The Morgan fingerprint density at radius 1 is 0.895 bits per heavy atom. The minimum atomic E-state index is -0.753. The lowest BCUT2D eigenvalue weighted by atomic mass is 9.87. The Labute approximate surface area is 119 Å². The van der Waals surface area contributed by atoms with Crippen molar-refractivity contribution in [3.05, 3.63) is 0 Å². The maximum absolute atomic E-state index is 12.0. The maximum atomic E-state index is 12.0. The summed E-state index contributed by atoms with van der Waals surface area (Å²) in [6.45, 7) is 6.59. The van der Waals surface area contributed by atoms with Gasteiger partial charge < -0.3 is 10.5 Å². The Morgan fingerprint density at radius 3 is 2.00 bits per heavy atom. The van der Waals surface area contributed by atoms with Crippen LogP contribution in [0.4, 0.5) is 0 Å². The van der Waals surface area contributed by atoms with Crippen molar-refractivity contribution in [2.45, 2.75) is 90.5 Å². The maximum Gasteiger partial charge on any atom is 0.326 e. The van der Waals surface area contributed by atoms with Gasteiger partial charge in [-0.25, -0.2) is 0 Å². The Hall–Kier alpha value is -0.570. The third kappa shape index (κ3) is 8.25. The van der Waals surface area contributed by atoms with Gasteiger partial charge >= 0.3 is 5.97 Å². The van der Waals surface area contributed by atoms with Crippen LogP contribution < -0.4 is 5.73 Å². The molecule has 1 atom stereocenters. The van der Waals surface area contributed by atoms with Gasteiger partial charge in [-0.1, -0.05) is 65.2 Å². The van der Waals surface area contributed by atoms with E-state index >= 15 is 0 Å². The van der Waals surface area contributed by atoms with E-state index in [4.69, 9.17) is 10.5 Å². The fraction of sp³-hybridized carbons (Fsp3) is 0.938. The van der Waals surface area contributed by atoms with Crippen LogP contribution >= 0.6 is 0 Å². The normalized spacial score (nSPS) is 14.1. The highest BCUT2D eigenvalue weighted by molar-refractivity contribution is 5.80. The first kappa shape index (κ1) is 18.4. The van der Waals surface area contributed by atoms with Crippen LogP contribution in [0, 0.1) is 0 Å². The number of carbonyl (C=O) groups is 1. The summed E-state index contributed by atoms with van der Waals surface area (Å²) >= 11 is 0. The molecule has 0 aromatic carbocycles. The summed E-state index contributed by atoms with van der Waals surface area (Å²) in [7, 11) is 0. The number of rotatable bonds is 12. The molecule has 2 N–H and O–H groups in total. The molecule has 0 saturated carbocycles. The van der Waals surface area contributed by atoms with Crippen molar-refractivity contribution in [1.82, 2.24) is 0 Å². The second kappa shape index (κ2) is 11.3. The van der Waals surface area contributed by atoms with Gasteiger partial charge in [0.15, 0.2) is 0 Å². The quantitative estimate of drug-likeness (QED) is 0.428. The lowest BCUT2D eigenvalue weighted by molar-refractivity contribution is -0.150. The SMILES string of the molecule is CCCCCCCCC(N)(CCCC)C(=O)OCC. The van der Waals surface area contributed by atoms with Crippen molar-refractivity contribution in [2.24, 2.45) is 5.73 Å². The average molecular weight is 271 g/mol. The van der Waals surface area contributed by atoms with Gasteiger partial charge in [-0.05, 0) is 19.8 Å². The highest BCUT2D eigenvalue weighted by atomic mass is 16.5. The third-order valence-corrected chi connectivity index (χ3v) is 3.63. The molecule has 0 aliphatic heterocycles. The summed E-state index contributed by atoms with van der Waals surface area (Å²) < 4.78 is 5.14. The Balaban J connectivity index is 4.08. The van der Waals surface area contributed by atoms with Crippen molar-refractivity contribution < 1.29 is 9.53 Å². The van der Waals surface area contributed by atoms with E-state index in [1.165, 1.54) is 32.1 Å². The summed E-state index contributed by atoms with van der Waals surface area (Å²) in [4.78, 5) is 12.0. The van der Waals surface area contributed by atoms with Crippen LogP contribution in [0.3, 0.4) is 0 Å². The zero-order chi connectivity index (χ0) is 14.6. The van der Waals surface area contributed by atoms with Gasteiger partial charge in [-0.2, -0.15) is 0 Å². The second-order valence-electron chi connectivity index (χ2n) is 5.50. The summed E-state index contributed by atoms with van der Waals surface area (Å²) in [5.41, 5.74) is 5.53. The molecule has 0 bridgehead atoms. The van der Waals surface area contributed by atoms with E-state index < -0.39 is 5.54 Å². The highest BCUT2D eigenvalue weighted by Gasteiger charge is 2.34. The van der Waals surface area contributed by atoms with Gasteiger partial charge in [0.1, 0.15) is 5.54 Å². The molecule has 0 aromatic rings. The van der Waals surface area contributed by atoms with E-state index in [1.807, 2.05) is 6.92 Å². The molecular formula is C16H33NO2. The van der Waals surface area contributed by atoms with Gasteiger partial charge in [0.2, 0.25) is 0 Å². The molecule has 0 rings (SSSR count). The van der Waals surface area contributed by atoms with Crippen molar-refractivity contribution in [3.8, 4) is 0 Å². The zero-order valence-electron chi connectivity index (χ0n) is 13.2. The van der Waals surface area contributed by atoms with Crippen molar-refractivity contribution >= 4 is 5.97 Å². The summed E-state index contributed by atoms with van der Waals surface area (Å²) in [6.07, 6.45) is 10.9. The van der Waals surface area contributed by atoms with Crippen LogP contribution in [-0.4, -0.2) is 18.1 Å². The first-order valence-electron chi connectivity index (χ1n) is 8.06. The van der Waals surface area contributed by atoms with Crippen LogP contribution in [0.15, 0.2) is 0 Å². The number of hydrogen-bond acceptors (Lipinski definition) is 3. The third-order valence-electron chi connectivity index (χ3n) is 3.63. The molecule has 114 valence electrons. The molecule has 3 heteroatoms. The van der Waals surface area contributed by atoms with Gasteiger partial charge in [0.05, 0.1) is 6.61 Å². The van der Waals surface area contributed by atoms with Crippen LogP contribution in [0.1, 0.15) is 85.0 Å². The number of hydrogen-bond donors (Lipinski definition) is 1. The number of carbonyl (C=O) groups excluding carboxylic acids is 1. The van der Waals surface area contributed by atoms with E-state index in [1.54, 1.807) is 0 Å². The molecule has 0 spiro atoms. The van der Waals surface area contributed by atoms with E-state index in [9.17, 15) is 4.79 Å². The minimum Gasteiger partial charge on any atom is -0.465 e. The van der Waals surface area contributed by atoms with Crippen LogP contribution in [0.5, 0.6) is 0 Å². The molecule has 0 heterocycles. The lowest BCUT2D eigenvalue weighted by Gasteiger charge is -2.27. The average Bonchev–Trinajstić information content (AvgIpc) is 2.40. The standard InChI is InChI=1S/C16H33NO2/c1-4-7-9-10-11-12-14-16(17,13-8-5-2)15(18)19-6-3/h4-14,17H2,1-3H3. The van der Waals surface area contributed by atoms with Gasteiger partial charge in [0, 0.05) is 0 Å². The number of unbranched alkanes of at least 4 members (excludes halogenated alkanes) is 6. The molecule has 19 heavy (non-hydrogen) atoms. The molecule has 0 radical (unpaired) electrons. The molecule has 0 fully saturated rings. The van der Waals surface area contributed by atoms with Gasteiger partial charge in [-0.15, -0.1) is 0 Å². The number of ether oxygens (including phenoxy) is 1. The van der Waals surface area contributed by atoms with Crippen LogP contribution in [0.2, 0.25) is 0 Å². The number of esters is 1. The predicted octanol–water partition coefficient (Wildman–Crippen LogP) is 4.19. The molecule has 0 amide bonds. The van der Waals surface area contributed by atoms with Crippen molar-refractivity contribution in [2.75, 3.05) is 6.61 Å². The molecule has 0 aliphatic rings. The fourth-order valence-corrected chi connectivity index (χ4v) is 2.32. The lowest BCUT2D eigenvalue weighted by Crippen LogP contribution is -2.49. The van der Waals surface area contributed by atoms with E-state index in [2.05, 4.69) is 13.8 Å². The van der Waals surface area contributed by atoms with Gasteiger partial charge in [0.25, 0.3) is 0 Å². The first-order chi connectivity index (χ1) is 9.10. The molecule has 0 saturated heterocycles. The van der Waals surface area contributed by atoms with E-state index in [-0.39, 0.29) is 5.97 Å². The number of nitrogens with two attached hydrogens (primary N) is 1. The monoisotopic (exact) mass is 271 g/mol. The molecule has 3 nitrogen and oxygen atoms in total. The molecular weight excluding hydrogens is 238 g/mol. The van der Waals surface area contributed by atoms with Gasteiger partial charge in [-0.3, -0.25) is 4.79 Å². The Kier molecular flexibility index (Phi) is 10.9.